The molecule has 3 heterocycles. The molecule has 134 valence electrons. The second-order valence-corrected chi connectivity index (χ2v) is 7.77. The number of aromatic nitrogens is 2. The van der Waals surface area contributed by atoms with Crippen LogP contribution < -0.4 is 4.90 Å². The van der Waals surface area contributed by atoms with Gasteiger partial charge in [-0.05, 0) is 42.4 Å². The Bertz CT molecular complexity index is 701. The molecule has 0 N–H and O–H groups in total. The first-order chi connectivity index (χ1) is 12.2. The van der Waals surface area contributed by atoms with Crippen molar-refractivity contribution in [2.75, 3.05) is 37.6 Å². The first kappa shape index (κ1) is 16.6. The highest BCUT2D eigenvalue weighted by molar-refractivity contribution is 5.33. The van der Waals surface area contributed by atoms with Gasteiger partial charge in [0.2, 0.25) is 5.89 Å². The minimum Gasteiger partial charge on any atom is -0.338 e. The van der Waals surface area contributed by atoms with Gasteiger partial charge in [-0.1, -0.05) is 37.3 Å². The van der Waals surface area contributed by atoms with Crippen molar-refractivity contribution in [1.29, 1.82) is 0 Å². The molecule has 0 saturated carbocycles. The van der Waals surface area contributed by atoms with Crippen LogP contribution in [0.5, 0.6) is 0 Å². The summed E-state index contributed by atoms with van der Waals surface area (Å²) in [5, 5.41) is 4.16. The Labute approximate surface area is 150 Å². The molecule has 2 unspecified atom stereocenters. The molecule has 2 aliphatic rings. The smallest absolute Gasteiger partial charge is 0.266 e. The number of rotatable bonds is 6. The number of nitrogens with zero attached hydrogens (tertiary/aromatic N) is 4. The van der Waals surface area contributed by atoms with Crippen LogP contribution in [0.25, 0.3) is 0 Å². The molecule has 0 bridgehead atoms. The maximum Gasteiger partial charge on any atom is 0.266 e. The van der Waals surface area contributed by atoms with E-state index in [9.17, 15) is 0 Å². The van der Waals surface area contributed by atoms with E-state index in [0.717, 1.165) is 25.5 Å². The summed E-state index contributed by atoms with van der Waals surface area (Å²) in [7, 11) is 0. The van der Waals surface area contributed by atoms with Crippen molar-refractivity contribution >= 4 is 5.95 Å². The molecular formula is C20H28N4O. The van der Waals surface area contributed by atoms with Gasteiger partial charge in [-0.25, -0.2) is 0 Å². The lowest BCUT2D eigenvalue weighted by Crippen LogP contribution is -2.35. The Balaban J connectivity index is 1.51. The van der Waals surface area contributed by atoms with Gasteiger partial charge in [-0.2, -0.15) is 4.98 Å². The lowest BCUT2D eigenvalue weighted by molar-refractivity contribution is 0.243. The average molecular weight is 340 g/mol. The molecule has 2 saturated heterocycles. The van der Waals surface area contributed by atoms with Gasteiger partial charge in [-0.15, -0.1) is 0 Å². The molecule has 1 aromatic heterocycles. The fraction of sp³-hybridized carbons (Fsp3) is 0.600. The van der Waals surface area contributed by atoms with E-state index < -0.39 is 0 Å². The van der Waals surface area contributed by atoms with Crippen molar-refractivity contribution in [1.82, 2.24) is 15.0 Å². The molecule has 0 aliphatic carbocycles. The number of hydrogen-bond donors (Lipinski definition) is 0. The van der Waals surface area contributed by atoms with Crippen molar-refractivity contribution < 1.29 is 4.52 Å². The van der Waals surface area contributed by atoms with E-state index in [-0.39, 0.29) is 0 Å². The summed E-state index contributed by atoms with van der Waals surface area (Å²) in [6, 6.07) is 10.9. The van der Waals surface area contributed by atoms with E-state index in [4.69, 9.17) is 4.52 Å². The van der Waals surface area contributed by atoms with Crippen LogP contribution in [0.2, 0.25) is 0 Å². The van der Waals surface area contributed by atoms with Crippen molar-refractivity contribution in [3.63, 3.8) is 0 Å². The minimum atomic E-state index is 0.347. The molecule has 5 heteroatoms. The third-order valence-corrected chi connectivity index (χ3v) is 5.92. The van der Waals surface area contributed by atoms with Crippen molar-refractivity contribution in [3.05, 3.63) is 41.8 Å². The predicted molar refractivity (Wildman–Crippen MR) is 98.7 cm³/mol. The summed E-state index contributed by atoms with van der Waals surface area (Å²) in [4.78, 5) is 9.46. The van der Waals surface area contributed by atoms with Gasteiger partial charge < -0.3 is 14.3 Å². The molecule has 2 fully saturated rings. The molecule has 25 heavy (non-hydrogen) atoms. The molecule has 1 aromatic carbocycles. The van der Waals surface area contributed by atoms with Crippen LogP contribution in [-0.4, -0.2) is 47.8 Å². The Morgan fingerprint density at radius 1 is 1.20 bits per heavy atom. The van der Waals surface area contributed by atoms with Gasteiger partial charge in [0.1, 0.15) is 0 Å². The second kappa shape index (κ2) is 6.79. The molecule has 2 atom stereocenters. The Morgan fingerprint density at radius 3 is 2.76 bits per heavy atom. The van der Waals surface area contributed by atoms with Gasteiger partial charge >= 0.3 is 0 Å². The zero-order chi connectivity index (χ0) is 17.3. The standard InChI is InChI=1S/C20H28N4O/c1-3-11-23-12-18-13-24(19-21-16(2)25-22-19)15-20(18,14-23)10-9-17-7-5-4-6-8-17/h4-8,18H,3,9-15H2,1-2H3. The predicted octanol–water partition coefficient (Wildman–Crippen LogP) is 3.16. The number of fused-ring (bicyclic) bond motifs is 1. The fourth-order valence-corrected chi connectivity index (χ4v) is 4.74. The maximum atomic E-state index is 5.21. The Hall–Kier alpha value is -1.88. The summed E-state index contributed by atoms with van der Waals surface area (Å²) < 4.78 is 5.21. The largest absolute Gasteiger partial charge is 0.338 e. The lowest BCUT2D eigenvalue weighted by Gasteiger charge is -2.29. The normalized spacial score (nSPS) is 26.3. The topological polar surface area (TPSA) is 45.4 Å². The molecule has 5 nitrogen and oxygen atoms in total. The quantitative estimate of drug-likeness (QED) is 0.808. The average Bonchev–Trinajstić information content (AvgIpc) is 3.27. The fourth-order valence-electron chi connectivity index (χ4n) is 4.74. The van der Waals surface area contributed by atoms with Gasteiger partial charge in [0.15, 0.2) is 0 Å². The Morgan fingerprint density at radius 2 is 2.04 bits per heavy atom. The van der Waals surface area contributed by atoms with Crippen molar-refractivity contribution in [2.45, 2.75) is 33.1 Å². The Kier molecular flexibility index (Phi) is 4.50. The number of likely N-dealkylation sites (tertiary alicyclic amines) is 1. The van der Waals surface area contributed by atoms with Crippen LogP contribution >= 0.6 is 0 Å². The van der Waals surface area contributed by atoms with Gasteiger partial charge in [-0.3, -0.25) is 0 Å². The van der Waals surface area contributed by atoms with Crippen molar-refractivity contribution in [2.24, 2.45) is 11.3 Å². The van der Waals surface area contributed by atoms with Crippen LogP contribution in [0.3, 0.4) is 0 Å². The third-order valence-electron chi connectivity index (χ3n) is 5.92. The third kappa shape index (κ3) is 3.30. The number of benzene rings is 1. The van der Waals surface area contributed by atoms with Gasteiger partial charge in [0, 0.05) is 38.5 Å². The van der Waals surface area contributed by atoms with Gasteiger partial charge in [0.25, 0.3) is 5.95 Å². The van der Waals surface area contributed by atoms with Crippen LogP contribution in [0, 0.1) is 18.3 Å². The molecule has 0 radical (unpaired) electrons. The van der Waals surface area contributed by atoms with Crippen LogP contribution in [0.4, 0.5) is 5.95 Å². The summed E-state index contributed by atoms with van der Waals surface area (Å²) in [5.41, 5.74) is 1.79. The second-order valence-electron chi connectivity index (χ2n) is 7.77. The minimum absolute atomic E-state index is 0.347. The SMILES string of the molecule is CCCN1CC2CN(c3noc(C)n3)CC2(CCc2ccccc2)C1. The highest BCUT2D eigenvalue weighted by Crippen LogP contribution is 2.46. The summed E-state index contributed by atoms with van der Waals surface area (Å²) in [6.07, 6.45) is 3.61. The van der Waals surface area contributed by atoms with E-state index >= 15 is 0 Å². The van der Waals surface area contributed by atoms with Crippen molar-refractivity contribution in [3.8, 4) is 0 Å². The first-order valence-corrected chi connectivity index (χ1v) is 9.50. The van der Waals surface area contributed by atoms with E-state index in [1.54, 1.807) is 0 Å². The molecule has 0 spiro atoms. The highest BCUT2D eigenvalue weighted by atomic mass is 16.5. The molecular weight excluding hydrogens is 312 g/mol. The maximum absolute atomic E-state index is 5.21. The van der Waals surface area contributed by atoms with Gasteiger partial charge in [0.05, 0.1) is 0 Å². The molecule has 2 aromatic rings. The number of anilines is 1. The molecule has 2 aliphatic heterocycles. The highest BCUT2D eigenvalue weighted by Gasteiger charge is 2.52. The summed E-state index contributed by atoms with van der Waals surface area (Å²) >= 11 is 0. The zero-order valence-electron chi connectivity index (χ0n) is 15.3. The number of aryl methyl sites for hydroxylation is 2. The van der Waals surface area contributed by atoms with E-state index in [1.807, 2.05) is 6.92 Å². The monoisotopic (exact) mass is 340 g/mol. The van der Waals surface area contributed by atoms with E-state index in [1.165, 1.54) is 38.0 Å². The number of hydrogen-bond acceptors (Lipinski definition) is 5. The summed E-state index contributed by atoms with van der Waals surface area (Å²) in [5.74, 6) is 2.12. The van der Waals surface area contributed by atoms with Crippen LogP contribution in [0.15, 0.2) is 34.9 Å². The van der Waals surface area contributed by atoms with Crippen LogP contribution in [-0.2, 0) is 6.42 Å². The molecule has 0 amide bonds. The zero-order valence-corrected chi connectivity index (χ0v) is 15.3. The summed E-state index contributed by atoms with van der Waals surface area (Å²) in [6.45, 7) is 9.85. The van der Waals surface area contributed by atoms with E-state index in [0.29, 0.717) is 17.2 Å². The molecule has 4 rings (SSSR count). The lowest BCUT2D eigenvalue weighted by atomic mass is 9.76. The van der Waals surface area contributed by atoms with E-state index in [2.05, 4.69) is 57.2 Å². The van der Waals surface area contributed by atoms with Crippen LogP contribution in [0.1, 0.15) is 31.2 Å². The first-order valence-electron chi connectivity index (χ1n) is 9.50.